The van der Waals surface area contributed by atoms with Crippen molar-refractivity contribution in [1.82, 2.24) is 14.9 Å². The third-order valence-electron chi connectivity index (χ3n) is 1.75. The van der Waals surface area contributed by atoms with E-state index >= 15 is 0 Å². The Labute approximate surface area is 78.2 Å². The van der Waals surface area contributed by atoms with E-state index in [4.69, 9.17) is 5.26 Å². The number of hydrogen-bond acceptors (Lipinski definition) is 3. The Morgan fingerprint density at radius 1 is 1.69 bits per heavy atom. The standard InChI is InChI=1S/C9H14N4/c1-11-6-9-7-13(8-12-9)5-3-2-4-10/h7-8,11H,2-3,5-6H2,1H3. The Hall–Kier alpha value is -1.34. The Morgan fingerprint density at radius 3 is 3.23 bits per heavy atom. The predicted molar refractivity (Wildman–Crippen MR) is 49.8 cm³/mol. The maximum Gasteiger partial charge on any atom is 0.0949 e. The van der Waals surface area contributed by atoms with Gasteiger partial charge in [0.15, 0.2) is 0 Å². The van der Waals surface area contributed by atoms with Gasteiger partial charge >= 0.3 is 0 Å². The van der Waals surface area contributed by atoms with Crippen LogP contribution in [0.15, 0.2) is 12.5 Å². The first kappa shape index (κ1) is 9.75. The molecule has 1 N–H and O–H groups in total. The molecule has 0 aliphatic heterocycles. The number of nitrogens with one attached hydrogen (secondary N) is 1. The van der Waals surface area contributed by atoms with Crippen LogP contribution in [0.25, 0.3) is 0 Å². The van der Waals surface area contributed by atoms with Crippen molar-refractivity contribution in [3.05, 3.63) is 18.2 Å². The first-order valence-corrected chi connectivity index (χ1v) is 4.39. The van der Waals surface area contributed by atoms with Crippen LogP contribution < -0.4 is 5.32 Å². The van der Waals surface area contributed by atoms with Crippen LogP contribution in [-0.4, -0.2) is 16.6 Å². The number of imidazole rings is 1. The highest BCUT2D eigenvalue weighted by molar-refractivity contribution is 4.95. The number of rotatable bonds is 5. The Kier molecular flexibility index (Phi) is 4.00. The van der Waals surface area contributed by atoms with E-state index in [1.807, 2.05) is 24.1 Å². The molecular formula is C9H14N4. The summed E-state index contributed by atoms with van der Waals surface area (Å²) in [4.78, 5) is 4.20. The molecule has 1 heterocycles. The highest BCUT2D eigenvalue weighted by Crippen LogP contribution is 1.98. The predicted octanol–water partition coefficient (Wildman–Crippen LogP) is 0.906. The Bertz CT molecular complexity index is 284. The van der Waals surface area contributed by atoms with Gasteiger partial charge in [0.25, 0.3) is 0 Å². The summed E-state index contributed by atoms with van der Waals surface area (Å²) in [5.74, 6) is 0. The van der Waals surface area contributed by atoms with E-state index in [9.17, 15) is 0 Å². The molecule has 0 saturated heterocycles. The summed E-state index contributed by atoms with van der Waals surface area (Å²) in [5.41, 5.74) is 1.04. The van der Waals surface area contributed by atoms with Gasteiger partial charge in [0.2, 0.25) is 0 Å². The van der Waals surface area contributed by atoms with Gasteiger partial charge in [-0.05, 0) is 13.5 Å². The van der Waals surface area contributed by atoms with Gasteiger partial charge < -0.3 is 9.88 Å². The molecule has 0 aliphatic carbocycles. The van der Waals surface area contributed by atoms with Crippen LogP contribution in [0, 0.1) is 11.3 Å². The van der Waals surface area contributed by atoms with Gasteiger partial charge in [-0.2, -0.15) is 5.26 Å². The Balaban J connectivity index is 2.36. The van der Waals surface area contributed by atoms with Gasteiger partial charge in [-0.3, -0.25) is 0 Å². The summed E-state index contributed by atoms with van der Waals surface area (Å²) in [6.45, 7) is 1.68. The number of nitrogens with zero attached hydrogens (tertiary/aromatic N) is 3. The van der Waals surface area contributed by atoms with Gasteiger partial charge in [-0.1, -0.05) is 0 Å². The van der Waals surface area contributed by atoms with Crippen LogP contribution >= 0.6 is 0 Å². The minimum atomic E-state index is 0.611. The second-order valence-electron chi connectivity index (χ2n) is 2.89. The fourth-order valence-corrected chi connectivity index (χ4v) is 1.14. The summed E-state index contributed by atoms with van der Waals surface area (Å²) in [5, 5.41) is 11.4. The van der Waals surface area contributed by atoms with E-state index < -0.39 is 0 Å². The molecule has 1 aromatic heterocycles. The average molecular weight is 178 g/mol. The molecule has 1 rings (SSSR count). The van der Waals surface area contributed by atoms with E-state index in [0.29, 0.717) is 6.42 Å². The van der Waals surface area contributed by atoms with Gasteiger partial charge in [0.1, 0.15) is 0 Å². The third-order valence-corrected chi connectivity index (χ3v) is 1.75. The number of aromatic nitrogens is 2. The molecule has 0 atom stereocenters. The van der Waals surface area contributed by atoms with Crippen molar-refractivity contribution < 1.29 is 0 Å². The molecule has 0 unspecified atom stereocenters. The summed E-state index contributed by atoms with van der Waals surface area (Å²) in [7, 11) is 1.90. The van der Waals surface area contributed by atoms with Gasteiger partial charge in [0, 0.05) is 25.7 Å². The molecule has 0 fully saturated rings. The zero-order valence-electron chi connectivity index (χ0n) is 7.82. The lowest BCUT2D eigenvalue weighted by Gasteiger charge is -1.97. The van der Waals surface area contributed by atoms with Crippen LogP contribution in [0.1, 0.15) is 18.5 Å². The van der Waals surface area contributed by atoms with E-state index in [0.717, 1.165) is 25.2 Å². The zero-order chi connectivity index (χ0) is 9.52. The highest BCUT2D eigenvalue weighted by Gasteiger charge is 1.96. The van der Waals surface area contributed by atoms with Crippen LogP contribution in [-0.2, 0) is 13.1 Å². The lowest BCUT2D eigenvalue weighted by atomic mass is 10.3. The minimum Gasteiger partial charge on any atom is -0.337 e. The number of unbranched alkanes of at least 4 members (excludes halogenated alkanes) is 1. The van der Waals surface area contributed by atoms with E-state index in [2.05, 4.69) is 16.4 Å². The molecule has 0 radical (unpaired) electrons. The SMILES string of the molecule is CNCc1cn(CCCC#N)cn1. The van der Waals surface area contributed by atoms with Crippen LogP contribution in [0.5, 0.6) is 0 Å². The molecule has 13 heavy (non-hydrogen) atoms. The maximum absolute atomic E-state index is 8.35. The molecule has 1 aromatic rings. The van der Waals surface area contributed by atoms with Gasteiger partial charge in [0.05, 0.1) is 18.1 Å². The molecule has 0 bridgehead atoms. The maximum atomic E-state index is 8.35. The highest BCUT2D eigenvalue weighted by atomic mass is 15.0. The summed E-state index contributed by atoms with van der Waals surface area (Å²) in [6.07, 6.45) is 5.32. The minimum absolute atomic E-state index is 0.611. The molecular weight excluding hydrogens is 164 g/mol. The van der Waals surface area contributed by atoms with Crippen molar-refractivity contribution in [2.24, 2.45) is 0 Å². The van der Waals surface area contributed by atoms with Crippen molar-refractivity contribution >= 4 is 0 Å². The molecule has 0 spiro atoms. The van der Waals surface area contributed by atoms with Crippen LogP contribution in [0.2, 0.25) is 0 Å². The van der Waals surface area contributed by atoms with Gasteiger partial charge in [-0.15, -0.1) is 0 Å². The van der Waals surface area contributed by atoms with Crippen molar-refractivity contribution in [2.45, 2.75) is 25.9 Å². The van der Waals surface area contributed by atoms with E-state index in [1.165, 1.54) is 0 Å². The third kappa shape index (κ3) is 3.26. The van der Waals surface area contributed by atoms with E-state index in [1.54, 1.807) is 0 Å². The van der Waals surface area contributed by atoms with Crippen molar-refractivity contribution in [3.8, 4) is 6.07 Å². The fourth-order valence-electron chi connectivity index (χ4n) is 1.14. The molecule has 0 saturated carbocycles. The molecule has 70 valence electrons. The largest absolute Gasteiger partial charge is 0.337 e. The van der Waals surface area contributed by atoms with Crippen molar-refractivity contribution in [1.29, 1.82) is 5.26 Å². The number of hydrogen-bond donors (Lipinski definition) is 1. The van der Waals surface area contributed by atoms with Crippen molar-refractivity contribution in [2.75, 3.05) is 7.05 Å². The summed E-state index contributed by atoms with van der Waals surface area (Å²) >= 11 is 0. The summed E-state index contributed by atoms with van der Waals surface area (Å²) in [6, 6.07) is 2.12. The van der Waals surface area contributed by atoms with Crippen LogP contribution in [0.3, 0.4) is 0 Å². The first-order valence-electron chi connectivity index (χ1n) is 4.39. The monoisotopic (exact) mass is 178 g/mol. The molecule has 4 heteroatoms. The smallest absolute Gasteiger partial charge is 0.0949 e. The molecule has 0 aromatic carbocycles. The second-order valence-corrected chi connectivity index (χ2v) is 2.89. The fraction of sp³-hybridized carbons (Fsp3) is 0.556. The molecule has 4 nitrogen and oxygen atoms in total. The lowest BCUT2D eigenvalue weighted by molar-refractivity contribution is 0.651. The molecule has 0 aliphatic rings. The van der Waals surface area contributed by atoms with Crippen molar-refractivity contribution in [3.63, 3.8) is 0 Å². The second kappa shape index (κ2) is 5.33. The Morgan fingerprint density at radius 2 is 2.54 bits per heavy atom. The van der Waals surface area contributed by atoms with Crippen LogP contribution in [0.4, 0.5) is 0 Å². The first-order chi connectivity index (χ1) is 6.36. The number of nitriles is 1. The lowest BCUT2D eigenvalue weighted by Crippen LogP contribution is -2.05. The average Bonchev–Trinajstić information content (AvgIpc) is 2.54. The van der Waals surface area contributed by atoms with E-state index in [-0.39, 0.29) is 0 Å². The normalized spacial score (nSPS) is 9.85. The quantitative estimate of drug-likeness (QED) is 0.682. The zero-order valence-corrected chi connectivity index (χ0v) is 7.82. The topological polar surface area (TPSA) is 53.6 Å². The van der Waals surface area contributed by atoms with Gasteiger partial charge in [-0.25, -0.2) is 4.98 Å². The number of aryl methyl sites for hydroxylation is 1. The summed E-state index contributed by atoms with van der Waals surface area (Å²) < 4.78 is 2.02. The molecule has 0 amide bonds.